The number of carbonyl (C=O) groups is 1. The Hall–Kier alpha value is -2.10. The number of nitrogens with zero attached hydrogens (tertiary/aromatic N) is 2. The lowest BCUT2D eigenvalue weighted by Gasteiger charge is -2.02. The van der Waals surface area contributed by atoms with Crippen molar-refractivity contribution in [3.05, 3.63) is 48.3 Å². The minimum atomic E-state index is 0.167. The SMILES string of the molecule is C[C@@H]1C[C@@H]1C(=O)NCc1cnn(-c2ccccc2)c1. The Bertz CT molecular complexity index is 576. The van der Waals surface area contributed by atoms with Gasteiger partial charge in [-0.2, -0.15) is 5.10 Å². The first-order valence-corrected chi connectivity index (χ1v) is 6.61. The van der Waals surface area contributed by atoms with Crippen LogP contribution in [0.4, 0.5) is 0 Å². The Kier molecular flexibility index (Phi) is 3.07. The third-order valence-electron chi connectivity index (χ3n) is 3.57. The molecule has 0 radical (unpaired) electrons. The normalized spacial score (nSPS) is 21.1. The summed E-state index contributed by atoms with van der Waals surface area (Å²) in [6.45, 7) is 2.66. The minimum Gasteiger partial charge on any atom is -0.352 e. The van der Waals surface area contributed by atoms with Gasteiger partial charge in [0.25, 0.3) is 0 Å². The lowest BCUT2D eigenvalue weighted by molar-refractivity contribution is -0.122. The van der Waals surface area contributed by atoms with Crippen LogP contribution in [0.2, 0.25) is 0 Å². The predicted molar refractivity (Wildman–Crippen MR) is 72.7 cm³/mol. The monoisotopic (exact) mass is 255 g/mol. The van der Waals surface area contributed by atoms with Crippen molar-refractivity contribution in [3.8, 4) is 5.69 Å². The van der Waals surface area contributed by atoms with Crippen molar-refractivity contribution in [1.29, 1.82) is 0 Å². The van der Waals surface area contributed by atoms with Crippen LogP contribution in [-0.2, 0) is 11.3 Å². The molecule has 1 heterocycles. The molecule has 4 heteroatoms. The van der Waals surface area contributed by atoms with Crippen molar-refractivity contribution in [1.82, 2.24) is 15.1 Å². The average molecular weight is 255 g/mol. The molecular formula is C15H17N3O. The molecule has 0 aliphatic heterocycles. The summed E-state index contributed by atoms with van der Waals surface area (Å²) in [6.07, 6.45) is 4.77. The number of amides is 1. The van der Waals surface area contributed by atoms with Gasteiger partial charge in [0.2, 0.25) is 5.91 Å². The third-order valence-corrected chi connectivity index (χ3v) is 3.57. The molecule has 4 nitrogen and oxygen atoms in total. The lowest BCUT2D eigenvalue weighted by atomic mass is 10.3. The second kappa shape index (κ2) is 4.88. The zero-order chi connectivity index (χ0) is 13.2. The molecule has 1 aliphatic rings. The number of nitrogens with one attached hydrogen (secondary N) is 1. The summed E-state index contributed by atoms with van der Waals surface area (Å²) in [5, 5.41) is 7.27. The van der Waals surface area contributed by atoms with Crippen LogP contribution in [0.15, 0.2) is 42.7 Å². The topological polar surface area (TPSA) is 46.9 Å². The Morgan fingerprint density at radius 3 is 2.84 bits per heavy atom. The summed E-state index contributed by atoms with van der Waals surface area (Å²) < 4.78 is 1.82. The van der Waals surface area contributed by atoms with Crippen LogP contribution in [0.3, 0.4) is 0 Å². The average Bonchev–Trinajstić information content (AvgIpc) is 3.00. The standard InChI is InChI=1S/C15H17N3O/c1-11-7-14(11)15(19)16-8-12-9-17-18(10-12)13-5-3-2-4-6-13/h2-6,9-11,14H,7-8H2,1H3,(H,16,19)/t11-,14+/m1/s1. The zero-order valence-electron chi connectivity index (χ0n) is 10.9. The van der Waals surface area contributed by atoms with Gasteiger partial charge < -0.3 is 5.32 Å². The number of para-hydroxylation sites is 1. The van der Waals surface area contributed by atoms with Gasteiger partial charge in [-0.3, -0.25) is 4.79 Å². The molecular weight excluding hydrogens is 238 g/mol. The molecule has 1 aliphatic carbocycles. The number of hydrogen-bond donors (Lipinski definition) is 1. The summed E-state index contributed by atoms with van der Waals surface area (Å²) in [5.74, 6) is 0.941. The highest BCUT2D eigenvalue weighted by atomic mass is 16.2. The first-order valence-electron chi connectivity index (χ1n) is 6.61. The van der Waals surface area contributed by atoms with Gasteiger partial charge in [-0.1, -0.05) is 25.1 Å². The van der Waals surface area contributed by atoms with E-state index in [0.29, 0.717) is 12.5 Å². The fourth-order valence-electron chi connectivity index (χ4n) is 2.18. The summed E-state index contributed by atoms with van der Waals surface area (Å²) >= 11 is 0. The first kappa shape index (κ1) is 12.0. The van der Waals surface area contributed by atoms with E-state index < -0.39 is 0 Å². The molecule has 19 heavy (non-hydrogen) atoms. The van der Waals surface area contributed by atoms with Crippen molar-refractivity contribution in [2.45, 2.75) is 19.9 Å². The molecule has 1 amide bonds. The molecule has 1 saturated carbocycles. The Morgan fingerprint density at radius 1 is 1.42 bits per heavy atom. The van der Waals surface area contributed by atoms with Gasteiger partial charge in [-0.05, 0) is 24.5 Å². The number of benzene rings is 1. The van der Waals surface area contributed by atoms with E-state index in [1.165, 1.54) is 0 Å². The van der Waals surface area contributed by atoms with E-state index in [1.807, 2.05) is 41.2 Å². The number of aromatic nitrogens is 2. The minimum absolute atomic E-state index is 0.167. The molecule has 0 spiro atoms. The lowest BCUT2D eigenvalue weighted by Crippen LogP contribution is -2.24. The predicted octanol–water partition coefficient (Wildman–Crippen LogP) is 2.14. The molecule has 0 unspecified atom stereocenters. The van der Waals surface area contributed by atoms with E-state index in [2.05, 4.69) is 17.3 Å². The molecule has 1 aromatic carbocycles. The molecule has 1 N–H and O–H groups in total. The smallest absolute Gasteiger partial charge is 0.223 e. The second-order valence-electron chi connectivity index (χ2n) is 5.17. The van der Waals surface area contributed by atoms with Gasteiger partial charge in [-0.25, -0.2) is 4.68 Å². The fraction of sp³-hybridized carbons (Fsp3) is 0.333. The van der Waals surface area contributed by atoms with Gasteiger partial charge in [0.1, 0.15) is 0 Å². The van der Waals surface area contributed by atoms with Crippen LogP contribution in [0.5, 0.6) is 0 Å². The van der Waals surface area contributed by atoms with Crippen molar-refractivity contribution >= 4 is 5.91 Å². The molecule has 2 atom stereocenters. The summed E-state index contributed by atoms with van der Waals surface area (Å²) in [7, 11) is 0. The Morgan fingerprint density at radius 2 is 2.16 bits per heavy atom. The van der Waals surface area contributed by atoms with E-state index in [4.69, 9.17) is 0 Å². The maximum Gasteiger partial charge on any atom is 0.223 e. The van der Waals surface area contributed by atoms with E-state index in [0.717, 1.165) is 17.7 Å². The highest BCUT2D eigenvalue weighted by molar-refractivity contribution is 5.81. The van der Waals surface area contributed by atoms with Crippen LogP contribution in [0.25, 0.3) is 5.69 Å². The maximum absolute atomic E-state index is 11.7. The van der Waals surface area contributed by atoms with E-state index in [9.17, 15) is 4.79 Å². The molecule has 1 aromatic heterocycles. The molecule has 0 bridgehead atoms. The molecule has 98 valence electrons. The second-order valence-corrected chi connectivity index (χ2v) is 5.17. The van der Waals surface area contributed by atoms with Gasteiger partial charge in [0.15, 0.2) is 0 Å². The summed E-state index contributed by atoms with van der Waals surface area (Å²) in [6, 6.07) is 9.94. The molecule has 1 fully saturated rings. The van der Waals surface area contributed by atoms with E-state index in [-0.39, 0.29) is 11.8 Å². The van der Waals surface area contributed by atoms with E-state index >= 15 is 0 Å². The highest BCUT2D eigenvalue weighted by Gasteiger charge is 2.38. The van der Waals surface area contributed by atoms with Gasteiger partial charge in [0, 0.05) is 24.2 Å². The number of rotatable bonds is 4. The number of carbonyl (C=O) groups excluding carboxylic acids is 1. The Balaban J connectivity index is 1.61. The zero-order valence-corrected chi connectivity index (χ0v) is 10.9. The molecule has 0 saturated heterocycles. The molecule has 3 rings (SSSR count). The van der Waals surface area contributed by atoms with Crippen molar-refractivity contribution in [3.63, 3.8) is 0 Å². The van der Waals surface area contributed by atoms with Crippen molar-refractivity contribution < 1.29 is 4.79 Å². The van der Waals surface area contributed by atoms with Crippen LogP contribution in [0, 0.1) is 11.8 Å². The van der Waals surface area contributed by atoms with Crippen molar-refractivity contribution in [2.75, 3.05) is 0 Å². The fourth-order valence-corrected chi connectivity index (χ4v) is 2.18. The Labute approximate surface area is 112 Å². The van der Waals surface area contributed by atoms with Crippen LogP contribution in [-0.4, -0.2) is 15.7 Å². The van der Waals surface area contributed by atoms with Crippen molar-refractivity contribution in [2.24, 2.45) is 11.8 Å². The first-order chi connectivity index (χ1) is 9.24. The summed E-state index contributed by atoms with van der Waals surface area (Å²) in [4.78, 5) is 11.7. The van der Waals surface area contributed by atoms with Gasteiger partial charge in [-0.15, -0.1) is 0 Å². The van der Waals surface area contributed by atoms with Crippen LogP contribution < -0.4 is 5.32 Å². The quantitative estimate of drug-likeness (QED) is 0.910. The third kappa shape index (κ3) is 2.67. The summed E-state index contributed by atoms with van der Waals surface area (Å²) in [5.41, 5.74) is 2.04. The van der Waals surface area contributed by atoms with Gasteiger partial charge in [0.05, 0.1) is 11.9 Å². The molecule has 2 aromatic rings. The maximum atomic E-state index is 11.7. The highest BCUT2D eigenvalue weighted by Crippen LogP contribution is 2.37. The van der Waals surface area contributed by atoms with E-state index in [1.54, 1.807) is 6.20 Å². The number of hydrogen-bond acceptors (Lipinski definition) is 2. The largest absolute Gasteiger partial charge is 0.352 e. The van der Waals surface area contributed by atoms with Gasteiger partial charge >= 0.3 is 0 Å². The van der Waals surface area contributed by atoms with Crippen LogP contribution in [0.1, 0.15) is 18.9 Å². The van der Waals surface area contributed by atoms with Crippen LogP contribution >= 0.6 is 0 Å².